The molecule has 0 bridgehead atoms. The van der Waals surface area contributed by atoms with Crippen LogP contribution in [0.3, 0.4) is 0 Å². The Morgan fingerprint density at radius 2 is 2.03 bits per heavy atom. The molecule has 0 unspecified atom stereocenters. The highest BCUT2D eigenvalue weighted by atomic mass is 16.2. The Hall–Kier alpha value is -3.48. The Morgan fingerprint density at radius 3 is 2.83 bits per heavy atom. The van der Waals surface area contributed by atoms with Gasteiger partial charge in [-0.2, -0.15) is 0 Å². The molecule has 1 amide bonds. The smallest absolute Gasteiger partial charge is 0.268 e. The summed E-state index contributed by atoms with van der Waals surface area (Å²) < 4.78 is 1.55. The largest absolute Gasteiger partial charge is 0.345 e. The van der Waals surface area contributed by atoms with Crippen LogP contribution in [0.2, 0.25) is 0 Å². The molecule has 148 valence electrons. The van der Waals surface area contributed by atoms with Crippen molar-refractivity contribution in [1.29, 1.82) is 0 Å². The average Bonchev–Trinajstić information content (AvgIpc) is 3.15. The molecule has 3 aromatic rings. The molecule has 29 heavy (non-hydrogen) atoms. The average molecular weight is 390 g/mol. The molecule has 1 aliphatic rings. The van der Waals surface area contributed by atoms with Crippen molar-refractivity contribution in [3.05, 3.63) is 91.0 Å². The minimum Gasteiger partial charge on any atom is -0.345 e. The summed E-state index contributed by atoms with van der Waals surface area (Å²) in [4.78, 5) is 44.3. The van der Waals surface area contributed by atoms with Crippen molar-refractivity contribution < 1.29 is 4.79 Å². The highest BCUT2D eigenvalue weighted by molar-refractivity contribution is 5.95. The second kappa shape index (κ2) is 7.50. The van der Waals surface area contributed by atoms with E-state index in [1.54, 1.807) is 30.7 Å². The van der Waals surface area contributed by atoms with E-state index in [2.05, 4.69) is 21.4 Å². The van der Waals surface area contributed by atoms with Crippen LogP contribution in [0.25, 0.3) is 5.69 Å². The molecule has 2 aromatic heterocycles. The van der Waals surface area contributed by atoms with Crippen LogP contribution in [0.1, 0.15) is 45.0 Å². The standard InChI is InChI=1S/C22H22N4O3/c1-13-9-10-26(17-8-4-6-15-5-3-7-16(15)17)22(29)20(13)21(28)23-12-18-24-14(2)11-19(27)25-18/h4,6,8-11H,3,5,7,12H2,1-2H3,(H,23,28)(H,24,25,27). The van der Waals surface area contributed by atoms with Gasteiger partial charge in [0.05, 0.1) is 12.2 Å². The van der Waals surface area contributed by atoms with Crippen molar-refractivity contribution >= 4 is 5.91 Å². The van der Waals surface area contributed by atoms with Gasteiger partial charge in [-0.1, -0.05) is 12.1 Å². The maximum atomic E-state index is 13.2. The van der Waals surface area contributed by atoms with Gasteiger partial charge in [-0.3, -0.25) is 19.0 Å². The van der Waals surface area contributed by atoms with Gasteiger partial charge < -0.3 is 10.3 Å². The number of hydrogen-bond acceptors (Lipinski definition) is 4. The molecule has 0 fully saturated rings. The van der Waals surface area contributed by atoms with E-state index >= 15 is 0 Å². The first-order valence-corrected chi connectivity index (χ1v) is 9.62. The zero-order chi connectivity index (χ0) is 20.5. The molecule has 0 radical (unpaired) electrons. The molecule has 0 spiro atoms. The molecule has 1 aliphatic carbocycles. The molecule has 4 rings (SSSR count). The molecule has 2 N–H and O–H groups in total. The highest BCUT2D eigenvalue weighted by Crippen LogP contribution is 2.27. The summed E-state index contributed by atoms with van der Waals surface area (Å²) in [5, 5.41) is 2.70. The second-order valence-corrected chi connectivity index (χ2v) is 7.33. The quantitative estimate of drug-likeness (QED) is 0.712. The number of aromatic nitrogens is 3. The fourth-order valence-corrected chi connectivity index (χ4v) is 3.89. The van der Waals surface area contributed by atoms with E-state index in [1.165, 1.54) is 17.2 Å². The summed E-state index contributed by atoms with van der Waals surface area (Å²) >= 11 is 0. The van der Waals surface area contributed by atoms with Gasteiger partial charge in [0.25, 0.3) is 17.0 Å². The number of fused-ring (bicyclic) bond motifs is 1. The predicted octanol–water partition coefficient (Wildman–Crippen LogP) is 1.96. The van der Waals surface area contributed by atoms with Gasteiger partial charge in [0.1, 0.15) is 11.4 Å². The first-order chi connectivity index (χ1) is 13.9. The van der Waals surface area contributed by atoms with E-state index in [9.17, 15) is 14.4 Å². The lowest BCUT2D eigenvalue weighted by atomic mass is 10.1. The Bertz CT molecular complexity index is 1220. The lowest BCUT2D eigenvalue weighted by molar-refractivity contribution is 0.0947. The molecule has 0 aliphatic heterocycles. The Balaban J connectivity index is 1.67. The monoisotopic (exact) mass is 390 g/mol. The minimum atomic E-state index is -0.487. The fourth-order valence-electron chi connectivity index (χ4n) is 3.89. The predicted molar refractivity (Wildman–Crippen MR) is 110 cm³/mol. The Morgan fingerprint density at radius 1 is 1.21 bits per heavy atom. The van der Waals surface area contributed by atoms with E-state index in [0.29, 0.717) is 17.1 Å². The third-order valence-corrected chi connectivity index (χ3v) is 5.24. The van der Waals surface area contributed by atoms with Gasteiger partial charge in [0.15, 0.2) is 0 Å². The van der Waals surface area contributed by atoms with Crippen molar-refractivity contribution in [2.45, 2.75) is 39.7 Å². The molecule has 0 atom stereocenters. The summed E-state index contributed by atoms with van der Waals surface area (Å²) in [5.74, 6) is -0.142. The third kappa shape index (κ3) is 3.63. The van der Waals surface area contributed by atoms with Crippen LogP contribution in [0.15, 0.2) is 46.1 Å². The lowest BCUT2D eigenvalue weighted by Gasteiger charge is -2.14. The van der Waals surface area contributed by atoms with Crippen LogP contribution < -0.4 is 16.4 Å². The van der Waals surface area contributed by atoms with Crippen LogP contribution >= 0.6 is 0 Å². The summed E-state index contributed by atoms with van der Waals surface area (Å²) in [6, 6.07) is 9.12. The first-order valence-electron chi connectivity index (χ1n) is 9.62. The van der Waals surface area contributed by atoms with Crippen molar-refractivity contribution in [2.24, 2.45) is 0 Å². The Kier molecular flexibility index (Phi) is 4.88. The number of nitrogens with one attached hydrogen (secondary N) is 2. The van der Waals surface area contributed by atoms with Gasteiger partial charge in [-0.15, -0.1) is 0 Å². The number of pyridine rings is 1. The molecule has 0 saturated heterocycles. The van der Waals surface area contributed by atoms with Gasteiger partial charge in [0.2, 0.25) is 0 Å². The zero-order valence-electron chi connectivity index (χ0n) is 16.4. The molecule has 2 heterocycles. The lowest BCUT2D eigenvalue weighted by Crippen LogP contribution is -2.34. The highest BCUT2D eigenvalue weighted by Gasteiger charge is 2.20. The van der Waals surface area contributed by atoms with Crippen LogP contribution in [0.4, 0.5) is 0 Å². The molecular weight excluding hydrogens is 368 g/mol. The Labute approximate surface area is 167 Å². The number of carbonyl (C=O) groups excluding carboxylic acids is 1. The number of rotatable bonds is 4. The van der Waals surface area contributed by atoms with Gasteiger partial charge in [0, 0.05) is 18.0 Å². The maximum absolute atomic E-state index is 13.2. The fraction of sp³-hybridized carbons (Fsp3) is 0.273. The van der Waals surface area contributed by atoms with Gasteiger partial charge in [-0.25, -0.2) is 4.98 Å². The molecule has 0 saturated carbocycles. The number of carbonyl (C=O) groups is 1. The van der Waals surface area contributed by atoms with Crippen LogP contribution in [0.5, 0.6) is 0 Å². The van der Waals surface area contributed by atoms with Crippen molar-refractivity contribution in [2.75, 3.05) is 0 Å². The van der Waals surface area contributed by atoms with Crippen molar-refractivity contribution in [1.82, 2.24) is 19.9 Å². The van der Waals surface area contributed by atoms with Gasteiger partial charge >= 0.3 is 0 Å². The first kappa shape index (κ1) is 18.9. The summed E-state index contributed by atoms with van der Waals surface area (Å²) in [6.07, 6.45) is 4.74. The summed E-state index contributed by atoms with van der Waals surface area (Å²) in [7, 11) is 0. The van der Waals surface area contributed by atoms with Crippen LogP contribution in [0, 0.1) is 13.8 Å². The SMILES string of the molecule is Cc1cc(=O)[nH]c(CNC(=O)c2c(C)ccn(-c3cccc4c3CCC4)c2=O)n1. The van der Waals surface area contributed by atoms with E-state index in [0.717, 1.165) is 24.9 Å². The number of aryl methyl sites for hydroxylation is 3. The van der Waals surface area contributed by atoms with Crippen LogP contribution in [-0.2, 0) is 19.4 Å². The van der Waals surface area contributed by atoms with Crippen molar-refractivity contribution in [3.63, 3.8) is 0 Å². The molecular formula is C22H22N4O3. The van der Waals surface area contributed by atoms with E-state index < -0.39 is 5.91 Å². The maximum Gasteiger partial charge on any atom is 0.268 e. The topological polar surface area (TPSA) is 96.9 Å². The number of aromatic amines is 1. The molecule has 7 heteroatoms. The minimum absolute atomic E-state index is 0.0320. The number of H-pyrrole nitrogens is 1. The second-order valence-electron chi connectivity index (χ2n) is 7.33. The summed E-state index contributed by atoms with van der Waals surface area (Å²) in [5.41, 5.74) is 3.89. The normalized spacial score (nSPS) is 12.6. The number of hydrogen-bond donors (Lipinski definition) is 2. The third-order valence-electron chi connectivity index (χ3n) is 5.24. The molecule has 7 nitrogen and oxygen atoms in total. The summed E-state index contributed by atoms with van der Waals surface area (Å²) in [6.45, 7) is 3.48. The van der Waals surface area contributed by atoms with Crippen molar-refractivity contribution in [3.8, 4) is 5.69 Å². The number of amides is 1. The van der Waals surface area contributed by atoms with Gasteiger partial charge in [-0.05, 0) is 61.9 Å². The van der Waals surface area contributed by atoms with E-state index in [-0.39, 0.29) is 23.2 Å². The zero-order valence-corrected chi connectivity index (χ0v) is 16.4. The molecule has 1 aromatic carbocycles. The van der Waals surface area contributed by atoms with Crippen LogP contribution in [-0.4, -0.2) is 20.4 Å². The number of benzene rings is 1. The van der Waals surface area contributed by atoms with E-state index in [4.69, 9.17) is 0 Å². The van der Waals surface area contributed by atoms with E-state index in [1.807, 2.05) is 12.1 Å². The number of nitrogens with zero attached hydrogens (tertiary/aromatic N) is 2.